The molecule has 4 rings (SSSR count). The minimum absolute atomic E-state index is 0.194. The van der Waals surface area contributed by atoms with Gasteiger partial charge in [0.15, 0.2) is 0 Å². The summed E-state index contributed by atoms with van der Waals surface area (Å²) in [6.07, 6.45) is 9.27. The van der Waals surface area contributed by atoms with Gasteiger partial charge in [0, 0.05) is 6.42 Å². The predicted molar refractivity (Wildman–Crippen MR) is 118 cm³/mol. The summed E-state index contributed by atoms with van der Waals surface area (Å²) < 4.78 is 0. The van der Waals surface area contributed by atoms with E-state index in [1.54, 1.807) is 0 Å². The quantitative estimate of drug-likeness (QED) is 0.577. The summed E-state index contributed by atoms with van der Waals surface area (Å²) in [5.41, 5.74) is 0.480. The number of fused-ring (bicyclic) bond motifs is 5. The Balaban J connectivity index is 1.61. The highest BCUT2D eigenvalue weighted by molar-refractivity contribution is 5.66. The molecular formula is C26H44O4. The van der Waals surface area contributed by atoms with Crippen LogP contribution in [0.15, 0.2) is 0 Å². The minimum atomic E-state index is -0.683. The van der Waals surface area contributed by atoms with Crippen LogP contribution in [0.3, 0.4) is 0 Å². The average molecular weight is 421 g/mol. The molecule has 30 heavy (non-hydrogen) atoms. The number of hydrogen-bond donors (Lipinski definition) is 3. The summed E-state index contributed by atoms with van der Waals surface area (Å²) in [6, 6.07) is 0. The van der Waals surface area contributed by atoms with Crippen molar-refractivity contribution in [3.8, 4) is 0 Å². The first kappa shape index (κ1) is 22.6. The van der Waals surface area contributed by atoms with E-state index in [-0.39, 0.29) is 29.5 Å². The summed E-state index contributed by atoms with van der Waals surface area (Å²) in [6.45, 7) is 9.44. The molecule has 4 aliphatic carbocycles. The standard InChI is InChI=1S/C26H44O4/c1-5-17-21-14-16(27)10-12-26(21,4)20-11-13-25(3)18(15(2)6-9-22(28)29)7-8-19(25)23(20)24(17)30/h15-21,23-24,27,30H,5-14H2,1-4H3,(H,28,29)/t15-,16+,17-,18-,19?,20?,21+,23?,24+,25-,26-/m1/s1. The lowest BCUT2D eigenvalue weighted by Crippen LogP contribution is -2.62. The summed E-state index contributed by atoms with van der Waals surface area (Å²) in [4.78, 5) is 11.1. The van der Waals surface area contributed by atoms with Gasteiger partial charge in [-0.25, -0.2) is 0 Å². The maximum Gasteiger partial charge on any atom is 0.303 e. The van der Waals surface area contributed by atoms with Crippen molar-refractivity contribution < 1.29 is 20.1 Å². The maximum atomic E-state index is 11.7. The normalized spacial score (nSPS) is 51.5. The van der Waals surface area contributed by atoms with Crippen LogP contribution in [-0.2, 0) is 4.79 Å². The second-order valence-electron chi connectivity index (χ2n) is 12.0. The maximum absolute atomic E-state index is 11.7. The molecule has 0 amide bonds. The number of aliphatic hydroxyl groups is 2. The first-order valence-corrected chi connectivity index (χ1v) is 12.7. The van der Waals surface area contributed by atoms with Crippen LogP contribution in [0.4, 0.5) is 0 Å². The van der Waals surface area contributed by atoms with Gasteiger partial charge in [-0.3, -0.25) is 4.79 Å². The van der Waals surface area contributed by atoms with Crippen molar-refractivity contribution in [1.82, 2.24) is 0 Å². The van der Waals surface area contributed by atoms with E-state index in [0.29, 0.717) is 41.4 Å². The van der Waals surface area contributed by atoms with E-state index in [0.717, 1.165) is 32.1 Å². The van der Waals surface area contributed by atoms with Crippen molar-refractivity contribution in [3.63, 3.8) is 0 Å². The Hall–Kier alpha value is -0.610. The fraction of sp³-hybridized carbons (Fsp3) is 0.962. The van der Waals surface area contributed by atoms with Gasteiger partial charge in [-0.2, -0.15) is 0 Å². The Morgan fingerprint density at radius 2 is 1.67 bits per heavy atom. The van der Waals surface area contributed by atoms with E-state index < -0.39 is 5.97 Å². The second kappa shape index (κ2) is 8.06. The first-order valence-electron chi connectivity index (χ1n) is 12.7. The SMILES string of the molecule is CC[C@H]1[C@H](O)C2C3CC[C@H]([C@H](C)CCC(=O)O)[C@@]3(C)CCC2[C@@]2(C)CC[C@H](O)C[C@@H]12. The van der Waals surface area contributed by atoms with Gasteiger partial charge in [0.2, 0.25) is 0 Å². The number of carboxylic acid groups (broad SMARTS) is 1. The molecule has 4 aliphatic rings. The molecular weight excluding hydrogens is 376 g/mol. The van der Waals surface area contributed by atoms with Crippen LogP contribution in [0.2, 0.25) is 0 Å². The van der Waals surface area contributed by atoms with Crippen LogP contribution in [0.5, 0.6) is 0 Å². The van der Waals surface area contributed by atoms with Gasteiger partial charge in [0.05, 0.1) is 12.2 Å². The summed E-state index contributed by atoms with van der Waals surface area (Å²) in [5.74, 6) is 2.58. The molecule has 11 atom stereocenters. The molecule has 4 saturated carbocycles. The zero-order chi connectivity index (χ0) is 21.8. The van der Waals surface area contributed by atoms with E-state index in [1.165, 1.54) is 25.7 Å². The molecule has 4 nitrogen and oxygen atoms in total. The fourth-order valence-electron chi connectivity index (χ4n) is 9.48. The van der Waals surface area contributed by atoms with E-state index >= 15 is 0 Å². The minimum Gasteiger partial charge on any atom is -0.481 e. The van der Waals surface area contributed by atoms with Crippen molar-refractivity contribution in [2.24, 2.45) is 52.3 Å². The largest absolute Gasteiger partial charge is 0.481 e. The molecule has 4 fully saturated rings. The molecule has 0 aromatic rings. The highest BCUT2D eigenvalue weighted by Crippen LogP contribution is 2.69. The van der Waals surface area contributed by atoms with Crippen LogP contribution >= 0.6 is 0 Å². The van der Waals surface area contributed by atoms with E-state index in [4.69, 9.17) is 5.11 Å². The van der Waals surface area contributed by atoms with E-state index in [2.05, 4.69) is 27.7 Å². The zero-order valence-corrected chi connectivity index (χ0v) is 19.5. The second-order valence-corrected chi connectivity index (χ2v) is 12.0. The molecule has 0 aliphatic heterocycles. The van der Waals surface area contributed by atoms with Gasteiger partial charge >= 0.3 is 5.97 Å². The highest BCUT2D eigenvalue weighted by atomic mass is 16.4. The van der Waals surface area contributed by atoms with Crippen LogP contribution in [0.1, 0.15) is 91.9 Å². The molecule has 0 spiro atoms. The molecule has 3 N–H and O–H groups in total. The summed E-state index contributed by atoms with van der Waals surface area (Å²) in [5, 5.41) is 31.3. The van der Waals surface area contributed by atoms with Gasteiger partial charge in [-0.05, 0) is 104 Å². The van der Waals surface area contributed by atoms with Crippen LogP contribution in [0, 0.1) is 52.3 Å². The lowest BCUT2D eigenvalue weighted by Gasteiger charge is -2.64. The van der Waals surface area contributed by atoms with Gasteiger partial charge in [-0.1, -0.05) is 34.1 Å². The molecule has 0 radical (unpaired) electrons. The average Bonchev–Trinajstić information content (AvgIpc) is 3.05. The van der Waals surface area contributed by atoms with Crippen molar-refractivity contribution in [3.05, 3.63) is 0 Å². The number of carboxylic acids is 1. The van der Waals surface area contributed by atoms with Crippen LogP contribution in [0.25, 0.3) is 0 Å². The molecule has 0 aromatic carbocycles. The van der Waals surface area contributed by atoms with Gasteiger partial charge < -0.3 is 15.3 Å². The lowest BCUT2D eigenvalue weighted by atomic mass is 9.41. The van der Waals surface area contributed by atoms with Gasteiger partial charge in [0.1, 0.15) is 0 Å². The fourth-order valence-corrected chi connectivity index (χ4v) is 9.48. The van der Waals surface area contributed by atoms with Crippen LogP contribution < -0.4 is 0 Å². The zero-order valence-electron chi connectivity index (χ0n) is 19.5. The Labute approximate surface area is 182 Å². The summed E-state index contributed by atoms with van der Waals surface area (Å²) in [7, 11) is 0. The molecule has 0 saturated heterocycles. The Bertz CT molecular complexity index is 649. The smallest absolute Gasteiger partial charge is 0.303 e. The molecule has 0 heterocycles. The number of carbonyl (C=O) groups is 1. The number of hydrogen-bond acceptors (Lipinski definition) is 3. The van der Waals surface area contributed by atoms with Crippen LogP contribution in [-0.4, -0.2) is 33.5 Å². The molecule has 0 aromatic heterocycles. The number of aliphatic carboxylic acids is 1. The van der Waals surface area contributed by atoms with Crippen molar-refractivity contribution >= 4 is 5.97 Å². The molecule has 4 heteroatoms. The number of rotatable bonds is 5. The van der Waals surface area contributed by atoms with E-state index in [1.807, 2.05) is 0 Å². The Morgan fingerprint density at radius 1 is 1.00 bits per heavy atom. The van der Waals surface area contributed by atoms with Crippen molar-refractivity contribution in [1.29, 1.82) is 0 Å². The van der Waals surface area contributed by atoms with Crippen molar-refractivity contribution in [2.75, 3.05) is 0 Å². The predicted octanol–water partition coefficient (Wildman–Crippen LogP) is 5.11. The Kier molecular flexibility index (Phi) is 6.07. The third kappa shape index (κ3) is 3.36. The third-order valence-corrected chi connectivity index (χ3v) is 11.0. The molecule has 3 unspecified atom stereocenters. The van der Waals surface area contributed by atoms with Gasteiger partial charge in [-0.15, -0.1) is 0 Å². The molecule has 0 bridgehead atoms. The van der Waals surface area contributed by atoms with E-state index in [9.17, 15) is 15.0 Å². The monoisotopic (exact) mass is 420 g/mol. The number of aliphatic hydroxyl groups excluding tert-OH is 2. The van der Waals surface area contributed by atoms with Crippen molar-refractivity contribution in [2.45, 2.75) is 104 Å². The topological polar surface area (TPSA) is 77.8 Å². The van der Waals surface area contributed by atoms with Gasteiger partial charge in [0.25, 0.3) is 0 Å². The summed E-state index contributed by atoms with van der Waals surface area (Å²) >= 11 is 0. The molecule has 172 valence electrons. The lowest BCUT2D eigenvalue weighted by molar-refractivity contribution is -0.203. The Morgan fingerprint density at radius 3 is 2.33 bits per heavy atom. The highest BCUT2D eigenvalue weighted by Gasteiger charge is 2.64. The first-order chi connectivity index (χ1) is 14.1. The third-order valence-electron chi connectivity index (χ3n) is 11.0.